The lowest BCUT2D eigenvalue weighted by atomic mass is 9.58. The lowest BCUT2D eigenvalue weighted by Gasteiger charge is -2.54. The number of carbonyl (C=O) groups excluding carboxylic acids is 2. The van der Waals surface area contributed by atoms with Crippen molar-refractivity contribution in [1.29, 1.82) is 0 Å². The highest BCUT2D eigenvalue weighted by Gasteiger charge is 2.65. The molecule has 218 valence electrons. The number of rotatable bonds is 8. The Morgan fingerprint density at radius 3 is 2.56 bits per heavy atom. The van der Waals surface area contributed by atoms with Crippen LogP contribution in [0, 0.1) is 0 Å². The molecule has 3 aliphatic rings. The highest BCUT2D eigenvalue weighted by Crippen LogP contribution is 2.59. The summed E-state index contributed by atoms with van der Waals surface area (Å²) in [6.07, 6.45) is 1.08. The summed E-state index contributed by atoms with van der Waals surface area (Å²) in [5.74, 6) is 0.214. The van der Waals surface area contributed by atoms with E-state index in [9.17, 15) is 4.79 Å². The number of hydrazone groups is 1. The van der Waals surface area contributed by atoms with E-state index in [1.54, 1.807) is 11.9 Å². The normalized spacial score (nSPS) is 24.1. The summed E-state index contributed by atoms with van der Waals surface area (Å²) in [7, 11) is 0.350. The maximum absolute atomic E-state index is 15.1. The summed E-state index contributed by atoms with van der Waals surface area (Å²) in [6.45, 7) is 14.2. The van der Waals surface area contributed by atoms with Crippen LogP contribution >= 0.6 is 23.2 Å². The lowest BCUT2D eigenvalue weighted by Crippen LogP contribution is -2.67. The second kappa shape index (κ2) is 11.2. The van der Waals surface area contributed by atoms with Crippen LogP contribution < -0.4 is 4.90 Å². The molecule has 0 aromatic heterocycles. The largest absolute Gasteiger partial charge is 0.361 e. The van der Waals surface area contributed by atoms with Gasteiger partial charge in [-0.2, -0.15) is 5.10 Å². The zero-order valence-corrected chi connectivity index (χ0v) is 26.9. The van der Waals surface area contributed by atoms with Crippen LogP contribution in [0.3, 0.4) is 0 Å². The van der Waals surface area contributed by atoms with Gasteiger partial charge in [-0.3, -0.25) is 14.5 Å². The smallest absolute Gasteiger partial charge is 0.262 e. The van der Waals surface area contributed by atoms with Crippen molar-refractivity contribution in [1.82, 2.24) is 9.91 Å². The Morgan fingerprint density at radius 1 is 1.15 bits per heavy atom. The molecule has 2 amide bonds. The molecule has 0 N–H and O–H groups in total. The summed E-state index contributed by atoms with van der Waals surface area (Å²) in [6, 6.07) is 13.8. The van der Waals surface area contributed by atoms with Crippen molar-refractivity contribution in [3.05, 3.63) is 75.8 Å². The van der Waals surface area contributed by atoms with Crippen LogP contribution in [0.2, 0.25) is 35.7 Å². The molecule has 7 nitrogen and oxygen atoms in total. The molecular formula is C31H38Cl2N4O3Si. The van der Waals surface area contributed by atoms with Crippen molar-refractivity contribution in [2.24, 2.45) is 5.10 Å². The Balaban J connectivity index is 1.72. The molecule has 2 aromatic carbocycles. The highest BCUT2D eigenvalue weighted by molar-refractivity contribution is 6.76. The monoisotopic (exact) mass is 612 g/mol. The number of halogens is 2. The highest BCUT2D eigenvalue weighted by atomic mass is 35.5. The summed E-state index contributed by atoms with van der Waals surface area (Å²) in [5, 5.41) is 7.22. The van der Waals surface area contributed by atoms with Gasteiger partial charge in [0.05, 0.1) is 11.7 Å². The first-order valence-electron chi connectivity index (χ1n) is 14.1. The molecule has 0 unspecified atom stereocenters. The van der Waals surface area contributed by atoms with E-state index in [4.69, 9.17) is 27.9 Å². The van der Waals surface area contributed by atoms with Gasteiger partial charge in [0.15, 0.2) is 0 Å². The molecule has 1 saturated heterocycles. The third-order valence-corrected chi connectivity index (χ3v) is 10.7. The Morgan fingerprint density at radius 2 is 1.88 bits per heavy atom. The first-order valence-corrected chi connectivity index (χ1v) is 18.6. The molecule has 3 aliphatic heterocycles. The van der Waals surface area contributed by atoms with Crippen molar-refractivity contribution in [3.8, 4) is 0 Å². The van der Waals surface area contributed by atoms with Crippen molar-refractivity contribution in [3.63, 3.8) is 0 Å². The van der Waals surface area contributed by atoms with E-state index in [0.717, 1.165) is 34.3 Å². The molecule has 10 heteroatoms. The van der Waals surface area contributed by atoms with Gasteiger partial charge in [-0.1, -0.05) is 80.1 Å². The van der Waals surface area contributed by atoms with Gasteiger partial charge in [-0.15, -0.1) is 0 Å². The van der Waals surface area contributed by atoms with Crippen LogP contribution in [-0.2, 0) is 19.7 Å². The lowest BCUT2D eigenvalue weighted by molar-refractivity contribution is -0.135. The van der Waals surface area contributed by atoms with E-state index in [0.29, 0.717) is 29.5 Å². The molecule has 41 heavy (non-hydrogen) atoms. The van der Waals surface area contributed by atoms with E-state index in [-0.39, 0.29) is 31.0 Å². The van der Waals surface area contributed by atoms with E-state index < -0.39 is 19.5 Å². The van der Waals surface area contributed by atoms with E-state index in [1.165, 1.54) is 5.01 Å². The van der Waals surface area contributed by atoms with Crippen molar-refractivity contribution < 1.29 is 14.3 Å². The average molecular weight is 614 g/mol. The fourth-order valence-electron chi connectivity index (χ4n) is 6.43. The number of anilines is 1. The average Bonchev–Trinajstić information content (AvgIpc) is 3.13. The standard InChI is InChI=1S/C31H38Cl2N4O3Si/c1-7-20(2)29-31(24-12-11-23(33)16-26(24)37(30(31)39)19-40-13-14-41(4,5)6)25(21-9-8-10-22(32)15-21)17-27-34-35(3)28(38)18-36(27)29/h8-12,15-16,25,29H,2,7,13-14,17-19H2,1,3-6H3/t25-,29+,31-/m0/s1. The van der Waals surface area contributed by atoms with Gasteiger partial charge in [0.1, 0.15) is 24.5 Å². The third-order valence-electron chi connectivity index (χ3n) is 8.55. The van der Waals surface area contributed by atoms with Gasteiger partial charge < -0.3 is 9.64 Å². The molecule has 5 rings (SSSR count). The SMILES string of the molecule is C=C(CC)[C@H]1N2CC(=O)N(C)N=C2C[C@@H](c2cccc(Cl)c2)[C@]12C(=O)N(COCC[Si](C)(C)C)c1cc(Cl)ccc12. The number of benzene rings is 2. The predicted molar refractivity (Wildman–Crippen MR) is 169 cm³/mol. The van der Waals surface area contributed by atoms with Gasteiger partial charge in [-0.05, 0) is 47.9 Å². The van der Waals surface area contributed by atoms with E-state index >= 15 is 4.79 Å². The molecule has 0 bridgehead atoms. The Hall–Kier alpha value is -2.65. The number of nitrogens with zero attached hydrogens (tertiary/aromatic N) is 4. The van der Waals surface area contributed by atoms with Crippen molar-refractivity contribution in [2.75, 3.05) is 31.8 Å². The number of fused-ring (bicyclic) bond motifs is 3. The molecule has 0 saturated carbocycles. The maximum Gasteiger partial charge on any atom is 0.262 e. The van der Waals surface area contributed by atoms with Gasteiger partial charge >= 0.3 is 0 Å². The first-order chi connectivity index (χ1) is 19.4. The summed E-state index contributed by atoms with van der Waals surface area (Å²) >= 11 is 13.1. The molecule has 1 spiro atoms. The number of piperidine rings is 1. The molecule has 0 aliphatic carbocycles. The number of hydrogen-bond acceptors (Lipinski definition) is 5. The summed E-state index contributed by atoms with van der Waals surface area (Å²) < 4.78 is 6.17. The van der Waals surface area contributed by atoms with Crippen LogP contribution in [0.15, 0.2) is 59.7 Å². The first kappa shape index (κ1) is 29.8. The quantitative estimate of drug-likeness (QED) is 0.194. The van der Waals surface area contributed by atoms with Gasteiger partial charge in [0.25, 0.3) is 5.91 Å². The maximum atomic E-state index is 15.1. The van der Waals surface area contributed by atoms with E-state index in [2.05, 4.69) is 31.3 Å². The Bertz CT molecular complexity index is 1420. The molecule has 3 atom stereocenters. The Kier molecular flexibility index (Phi) is 8.15. The van der Waals surface area contributed by atoms with Crippen LogP contribution in [0.5, 0.6) is 0 Å². The zero-order chi connectivity index (χ0) is 29.7. The zero-order valence-electron chi connectivity index (χ0n) is 24.4. The van der Waals surface area contributed by atoms with Crippen molar-refractivity contribution in [2.45, 2.75) is 62.8 Å². The summed E-state index contributed by atoms with van der Waals surface area (Å²) in [5.41, 5.74) is 2.28. The topological polar surface area (TPSA) is 65.5 Å². The van der Waals surface area contributed by atoms with Crippen molar-refractivity contribution >= 4 is 54.6 Å². The molecule has 2 aromatic rings. The molecule has 0 radical (unpaired) electrons. The summed E-state index contributed by atoms with van der Waals surface area (Å²) in [4.78, 5) is 31.9. The minimum absolute atomic E-state index is 0.0854. The Labute approximate surface area is 253 Å². The number of likely N-dealkylation sites (N-methyl/N-ethyl adjacent to an activating group) is 1. The molecule has 3 heterocycles. The number of carbonyl (C=O) groups is 2. The molecular weight excluding hydrogens is 575 g/mol. The van der Waals surface area contributed by atoms with Gasteiger partial charge in [-0.25, -0.2) is 5.01 Å². The molecule has 1 fully saturated rings. The number of amides is 2. The third kappa shape index (κ3) is 5.24. The number of hydrogen-bond donors (Lipinski definition) is 0. The second-order valence-corrected chi connectivity index (χ2v) is 18.9. The fourth-order valence-corrected chi connectivity index (χ4v) is 7.55. The van der Waals surface area contributed by atoms with Gasteiger partial charge in [0.2, 0.25) is 5.91 Å². The number of amidine groups is 1. The van der Waals surface area contributed by atoms with Gasteiger partial charge in [0, 0.05) is 44.1 Å². The van der Waals surface area contributed by atoms with Crippen LogP contribution in [0.25, 0.3) is 0 Å². The predicted octanol–water partition coefficient (Wildman–Crippen LogP) is 6.50. The van der Waals surface area contributed by atoms with E-state index in [1.807, 2.05) is 54.3 Å². The van der Waals surface area contributed by atoms with Crippen LogP contribution in [0.4, 0.5) is 5.69 Å². The van der Waals surface area contributed by atoms with Crippen LogP contribution in [0.1, 0.15) is 36.8 Å². The van der Waals surface area contributed by atoms with Crippen LogP contribution in [-0.4, -0.2) is 68.6 Å². The second-order valence-electron chi connectivity index (χ2n) is 12.4. The number of ether oxygens (including phenoxy) is 1. The fraction of sp³-hybridized carbons (Fsp3) is 0.452. The minimum atomic E-state index is -1.32. The minimum Gasteiger partial charge on any atom is -0.361 e.